The van der Waals surface area contributed by atoms with Crippen LogP contribution in [0.2, 0.25) is 0 Å². The Labute approximate surface area is 129 Å². The molecular weight excluding hydrogens is 258 g/mol. The smallest absolute Gasteiger partial charge is 0.0364 e. The summed E-state index contributed by atoms with van der Waals surface area (Å²) in [7, 11) is 4.24. The van der Waals surface area contributed by atoms with Crippen LogP contribution in [-0.2, 0) is 0 Å². The highest BCUT2D eigenvalue weighted by Gasteiger charge is 2.35. The fourth-order valence-electron chi connectivity index (χ4n) is 3.90. The van der Waals surface area contributed by atoms with Gasteiger partial charge in [0.05, 0.1) is 0 Å². The van der Waals surface area contributed by atoms with Gasteiger partial charge in [0.25, 0.3) is 0 Å². The van der Waals surface area contributed by atoms with Crippen LogP contribution in [0.5, 0.6) is 0 Å². The SMILES string of the molecule is CN(C)c1cccc(C2CCCN2CC2(C)CCNC2)c1. The number of rotatable bonds is 4. The minimum Gasteiger partial charge on any atom is -0.378 e. The first-order chi connectivity index (χ1) is 10.1. The Morgan fingerprint density at radius 3 is 2.95 bits per heavy atom. The van der Waals surface area contributed by atoms with Crippen LogP contribution in [0.4, 0.5) is 5.69 Å². The number of nitrogens with zero attached hydrogens (tertiary/aromatic N) is 2. The molecule has 0 aromatic heterocycles. The molecule has 3 nitrogen and oxygen atoms in total. The van der Waals surface area contributed by atoms with Crippen molar-refractivity contribution in [2.75, 3.05) is 45.2 Å². The summed E-state index contributed by atoms with van der Waals surface area (Å²) in [6.07, 6.45) is 3.95. The van der Waals surface area contributed by atoms with Crippen molar-refractivity contribution in [3.63, 3.8) is 0 Å². The molecule has 2 atom stereocenters. The highest BCUT2D eigenvalue weighted by molar-refractivity contribution is 5.48. The first-order valence-corrected chi connectivity index (χ1v) is 8.29. The molecule has 0 amide bonds. The lowest BCUT2D eigenvalue weighted by atomic mass is 9.88. The Balaban J connectivity index is 1.75. The van der Waals surface area contributed by atoms with Gasteiger partial charge in [0.2, 0.25) is 0 Å². The van der Waals surface area contributed by atoms with Gasteiger partial charge in [-0.15, -0.1) is 0 Å². The summed E-state index contributed by atoms with van der Waals surface area (Å²) in [6.45, 7) is 7.29. The summed E-state index contributed by atoms with van der Waals surface area (Å²) in [5.41, 5.74) is 3.27. The van der Waals surface area contributed by atoms with Crippen molar-refractivity contribution < 1.29 is 0 Å². The van der Waals surface area contributed by atoms with Crippen molar-refractivity contribution in [3.8, 4) is 0 Å². The van der Waals surface area contributed by atoms with E-state index in [2.05, 4.69) is 60.4 Å². The van der Waals surface area contributed by atoms with Crippen molar-refractivity contribution in [2.45, 2.75) is 32.2 Å². The minimum atomic E-state index is 0.460. The van der Waals surface area contributed by atoms with E-state index in [0.29, 0.717) is 11.5 Å². The molecule has 2 aliphatic heterocycles. The molecule has 0 radical (unpaired) electrons. The van der Waals surface area contributed by atoms with Gasteiger partial charge in [-0.05, 0) is 55.5 Å². The molecule has 2 unspecified atom stereocenters. The molecule has 3 heteroatoms. The van der Waals surface area contributed by atoms with E-state index in [1.54, 1.807) is 0 Å². The van der Waals surface area contributed by atoms with Crippen LogP contribution < -0.4 is 10.2 Å². The van der Waals surface area contributed by atoms with Crippen LogP contribution in [0.1, 0.15) is 37.8 Å². The highest BCUT2D eigenvalue weighted by atomic mass is 15.2. The van der Waals surface area contributed by atoms with Gasteiger partial charge in [-0.25, -0.2) is 0 Å². The molecule has 1 N–H and O–H groups in total. The number of nitrogens with one attached hydrogen (secondary N) is 1. The number of benzene rings is 1. The van der Waals surface area contributed by atoms with E-state index in [1.807, 2.05) is 0 Å². The lowest BCUT2D eigenvalue weighted by Gasteiger charge is -2.33. The second kappa shape index (κ2) is 5.98. The zero-order chi connectivity index (χ0) is 14.9. The summed E-state index contributed by atoms with van der Waals surface area (Å²) in [4.78, 5) is 4.92. The summed E-state index contributed by atoms with van der Waals surface area (Å²) in [6, 6.07) is 9.70. The molecule has 3 rings (SSSR count). The molecular formula is C18H29N3. The lowest BCUT2D eigenvalue weighted by Crippen LogP contribution is -2.37. The fourth-order valence-corrected chi connectivity index (χ4v) is 3.90. The highest BCUT2D eigenvalue weighted by Crippen LogP contribution is 2.37. The van der Waals surface area contributed by atoms with Crippen LogP contribution in [-0.4, -0.2) is 45.2 Å². The third kappa shape index (κ3) is 3.24. The van der Waals surface area contributed by atoms with Gasteiger partial charge in [-0.3, -0.25) is 4.90 Å². The Kier molecular flexibility index (Phi) is 4.23. The molecule has 1 aromatic rings. The minimum absolute atomic E-state index is 0.460. The van der Waals surface area contributed by atoms with Gasteiger partial charge in [0.15, 0.2) is 0 Å². The van der Waals surface area contributed by atoms with E-state index in [9.17, 15) is 0 Å². The van der Waals surface area contributed by atoms with E-state index < -0.39 is 0 Å². The second-order valence-electron chi connectivity index (χ2n) is 7.36. The molecule has 2 fully saturated rings. The lowest BCUT2D eigenvalue weighted by molar-refractivity contribution is 0.165. The Morgan fingerprint density at radius 1 is 1.38 bits per heavy atom. The van der Waals surface area contributed by atoms with Gasteiger partial charge in [0.1, 0.15) is 0 Å². The predicted octanol–water partition coefficient (Wildman–Crippen LogP) is 2.89. The Morgan fingerprint density at radius 2 is 2.24 bits per heavy atom. The van der Waals surface area contributed by atoms with E-state index in [0.717, 1.165) is 0 Å². The van der Waals surface area contributed by atoms with Crippen LogP contribution in [0.25, 0.3) is 0 Å². The maximum Gasteiger partial charge on any atom is 0.0364 e. The molecule has 0 bridgehead atoms. The van der Waals surface area contributed by atoms with Gasteiger partial charge in [-0.1, -0.05) is 19.1 Å². The van der Waals surface area contributed by atoms with Gasteiger partial charge >= 0.3 is 0 Å². The van der Waals surface area contributed by atoms with Gasteiger partial charge < -0.3 is 10.2 Å². The third-order valence-electron chi connectivity index (χ3n) is 5.18. The van der Waals surface area contributed by atoms with Gasteiger partial charge in [0, 0.05) is 38.9 Å². The number of likely N-dealkylation sites (tertiary alicyclic amines) is 1. The monoisotopic (exact) mass is 287 g/mol. The maximum absolute atomic E-state index is 3.53. The first kappa shape index (κ1) is 14.9. The summed E-state index contributed by atoms with van der Waals surface area (Å²) < 4.78 is 0. The topological polar surface area (TPSA) is 18.5 Å². The molecule has 2 aliphatic rings. The molecule has 116 valence electrons. The number of anilines is 1. The quantitative estimate of drug-likeness (QED) is 0.918. The zero-order valence-electron chi connectivity index (χ0n) is 13.7. The zero-order valence-corrected chi connectivity index (χ0v) is 13.7. The van der Waals surface area contributed by atoms with Gasteiger partial charge in [-0.2, -0.15) is 0 Å². The molecule has 0 spiro atoms. The normalized spacial score (nSPS) is 30.0. The largest absolute Gasteiger partial charge is 0.378 e. The molecule has 2 heterocycles. The first-order valence-electron chi connectivity index (χ1n) is 8.29. The van der Waals surface area contributed by atoms with Crippen LogP contribution in [0.3, 0.4) is 0 Å². The summed E-state index contributed by atoms with van der Waals surface area (Å²) >= 11 is 0. The van der Waals surface area contributed by atoms with Crippen molar-refractivity contribution in [2.24, 2.45) is 5.41 Å². The van der Waals surface area contributed by atoms with E-state index in [-0.39, 0.29) is 0 Å². The molecule has 0 saturated carbocycles. The summed E-state index contributed by atoms with van der Waals surface area (Å²) in [5, 5.41) is 3.53. The second-order valence-corrected chi connectivity index (χ2v) is 7.36. The standard InChI is InChI=1S/C18H29N3/c1-18(9-10-19-13-18)14-21-11-5-8-17(21)15-6-4-7-16(12-15)20(2)3/h4,6-7,12,17,19H,5,8-11,13-14H2,1-3H3. The van der Waals surface area contributed by atoms with Crippen molar-refractivity contribution >= 4 is 5.69 Å². The van der Waals surface area contributed by atoms with Crippen molar-refractivity contribution in [3.05, 3.63) is 29.8 Å². The average Bonchev–Trinajstić information content (AvgIpc) is 3.08. The molecule has 21 heavy (non-hydrogen) atoms. The Hall–Kier alpha value is -1.06. The predicted molar refractivity (Wildman–Crippen MR) is 89.9 cm³/mol. The molecule has 2 saturated heterocycles. The third-order valence-corrected chi connectivity index (χ3v) is 5.18. The fraction of sp³-hybridized carbons (Fsp3) is 0.667. The van der Waals surface area contributed by atoms with Crippen molar-refractivity contribution in [1.29, 1.82) is 0 Å². The average molecular weight is 287 g/mol. The van der Waals surface area contributed by atoms with Crippen molar-refractivity contribution in [1.82, 2.24) is 10.2 Å². The van der Waals surface area contributed by atoms with E-state index in [4.69, 9.17) is 0 Å². The Bertz CT molecular complexity index is 477. The maximum atomic E-state index is 3.53. The molecule has 1 aromatic carbocycles. The van der Waals surface area contributed by atoms with E-state index in [1.165, 1.54) is 56.7 Å². The number of hydrogen-bond donors (Lipinski definition) is 1. The van der Waals surface area contributed by atoms with Crippen LogP contribution >= 0.6 is 0 Å². The van der Waals surface area contributed by atoms with E-state index >= 15 is 0 Å². The number of hydrogen-bond acceptors (Lipinski definition) is 3. The van der Waals surface area contributed by atoms with Crippen LogP contribution in [0.15, 0.2) is 24.3 Å². The molecule has 0 aliphatic carbocycles. The summed E-state index contributed by atoms with van der Waals surface area (Å²) in [5.74, 6) is 0. The van der Waals surface area contributed by atoms with Crippen LogP contribution in [0, 0.1) is 5.41 Å².